The zero-order valence-electron chi connectivity index (χ0n) is 19.5. The highest BCUT2D eigenvalue weighted by Gasteiger charge is 2.21. The second kappa shape index (κ2) is 10.7. The van der Waals surface area contributed by atoms with E-state index in [4.69, 9.17) is 4.42 Å². The lowest BCUT2D eigenvalue weighted by Crippen LogP contribution is -2.33. The summed E-state index contributed by atoms with van der Waals surface area (Å²) in [6, 6.07) is 10.4. The molecule has 1 amide bonds. The molecule has 0 radical (unpaired) electrons. The summed E-state index contributed by atoms with van der Waals surface area (Å²) in [5, 5.41) is 12.5. The molecule has 1 unspecified atom stereocenters. The summed E-state index contributed by atoms with van der Waals surface area (Å²) in [7, 11) is 0. The number of hydrogen-bond acceptors (Lipinski definition) is 5. The Balaban J connectivity index is 1.70. The minimum atomic E-state index is -0.0421. The van der Waals surface area contributed by atoms with Crippen molar-refractivity contribution in [2.24, 2.45) is 5.92 Å². The largest absolute Gasteiger partial charge is 0.469 e. The van der Waals surface area contributed by atoms with Gasteiger partial charge in [0.05, 0.1) is 23.6 Å². The Morgan fingerprint density at radius 1 is 1.16 bits per heavy atom. The normalized spacial score (nSPS) is 12.3. The number of thioether (sulfide) groups is 1. The maximum absolute atomic E-state index is 12.8. The molecule has 2 aromatic heterocycles. The van der Waals surface area contributed by atoms with Gasteiger partial charge in [-0.05, 0) is 36.0 Å². The van der Waals surface area contributed by atoms with E-state index in [1.54, 1.807) is 12.3 Å². The number of hydrogen-bond donors (Lipinski definition) is 1. The lowest BCUT2D eigenvalue weighted by molar-refractivity contribution is -0.119. The standard InChI is InChI=1S/C25H32N4O2S/c1-7-13-29-24(21-12-14-31-18(21)6)27-28-25(29)32-15-22(30)26-23(17(4)5)20-10-8-19(9-11-20)16(2)3/h7-12,14,16-17,23H,1,13,15H2,2-6H3,(H,26,30). The van der Waals surface area contributed by atoms with Crippen LogP contribution < -0.4 is 5.32 Å². The number of aromatic nitrogens is 3. The Morgan fingerprint density at radius 2 is 1.84 bits per heavy atom. The summed E-state index contributed by atoms with van der Waals surface area (Å²) in [5.41, 5.74) is 3.30. The minimum absolute atomic E-state index is 0.0316. The van der Waals surface area contributed by atoms with Gasteiger partial charge in [0, 0.05) is 6.54 Å². The number of rotatable bonds is 10. The number of benzene rings is 1. The van der Waals surface area contributed by atoms with Gasteiger partial charge in [-0.25, -0.2) is 0 Å². The monoisotopic (exact) mass is 452 g/mol. The zero-order valence-corrected chi connectivity index (χ0v) is 20.3. The number of aryl methyl sites for hydroxylation is 1. The van der Waals surface area contributed by atoms with Crippen molar-refractivity contribution in [3.05, 3.63) is 66.1 Å². The van der Waals surface area contributed by atoms with Gasteiger partial charge in [-0.1, -0.05) is 69.8 Å². The third-order valence-corrected chi connectivity index (χ3v) is 6.37. The van der Waals surface area contributed by atoms with Crippen molar-refractivity contribution in [3.8, 4) is 11.4 Å². The summed E-state index contributed by atoms with van der Waals surface area (Å²) < 4.78 is 7.36. The van der Waals surface area contributed by atoms with Crippen LogP contribution in [0.15, 0.2) is 58.8 Å². The van der Waals surface area contributed by atoms with Crippen LogP contribution in [0.4, 0.5) is 0 Å². The molecule has 170 valence electrons. The topological polar surface area (TPSA) is 73.0 Å². The Morgan fingerprint density at radius 3 is 2.41 bits per heavy atom. The molecule has 0 bridgehead atoms. The van der Waals surface area contributed by atoms with Crippen molar-refractivity contribution in [2.75, 3.05) is 5.75 Å². The van der Waals surface area contributed by atoms with E-state index in [1.807, 2.05) is 17.6 Å². The lowest BCUT2D eigenvalue weighted by atomic mass is 9.93. The van der Waals surface area contributed by atoms with E-state index >= 15 is 0 Å². The van der Waals surface area contributed by atoms with Crippen LogP contribution in [-0.2, 0) is 11.3 Å². The smallest absolute Gasteiger partial charge is 0.230 e. The van der Waals surface area contributed by atoms with Crippen LogP contribution in [0, 0.1) is 12.8 Å². The number of nitrogens with zero attached hydrogens (tertiary/aromatic N) is 3. The average molecular weight is 453 g/mol. The maximum Gasteiger partial charge on any atom is 0.230 e. The number of carbonyl (C=O) groups excluding carboxylic acids is 1. The van der Waals surface area contributed by atoms with E-state index in [1.165, 1.54) is 17.3 Å². The minimum Gasteiger partial charge on any atom is -0.469 e. The van der Waals surface area contributed by atoms with Gasteiger partial charge in [0.15, 0.2) is 11.0 Å². The van der Waals surface area contributed by atoms with Gasteiger partial charge in [0.1, 0.15) is 5.76 Å². The zero-order chi connectivity index (χ0) is 23.3. The maximum atomic E-state index is 12.8. The van der Waals surface area contributed by atoms with Crippen molar-refractivity contribution in [2.45, 2.75) is 58.3 Å². The fourth-order valence-electron chi connectivity index (χ4n) is 3.57. The van der Waals surface area contributed by atoms with Gasteiger partial charge in [-0.3, -0.25) is 9.36 Å². The SMILES string of the molecule is C=CCn1c(SCC(=O)NC(c2ccc(C(C)C)cc2)C(C)C)nnc1-c1ccoc1C. The van der Waals surface area contributed by atoms with Crippen LogP contribution in [0.2, 0.25) is 0 Å². The van der Waals surface area contributed by atoms with E-state index in [2.05, 4.69) is 74.1 Å². The average Bonchev–Trinajstić information content (AvgIpc) is 3.36. The summed E-state index contributed by atoms with van der Waals surface area (Å²) in [6.07, 6.45) is 3.43. The number of carbonyl (C=O) groups is 1. The van der Waals surface area contributed by atoms with Gasteiger partial charge in [-0.2, -0.15) is 0 Å². The van der Waals surface area contributed by atoms with Gasteiger partial charge in [0.25, 0.3) is 0 Å². The van der Waals surface area contributed by atoms with E-state index < -0.39 is 0 Å². The van der Waals surface area contributed by atoms with Crippen molar-refractivity contribution in [3.63, 3.8) is 0 Å². The van der Waals surface area contributed by atoms with Gasteiger partial charge >= 0.3 is 0 Å². The summed E-state index contributed by atoms with van der Waals surface area (Å²) in [6.45, 7) is 14.9. The summed E-state index contributed by atoms with van der Waals surface area (Å²) in [4.78, 5) is 12.8. The third-order valence-electron chi connectivity index (χ3n) is 5.41. The highest BCUT2D eigenvalue weighted by atomic mass is 32.2. The van der Waals surface area contributed by atoms with Crippen LogP contribution in [0.25, 0.3) is 11.4 Å². The van der Waals surface area contributed by atoms with Crippen LogP contribution in [0.3, 0.4) is 0 Å². The van der Waals surface area contributed by atoms with E-state index in [-0.39, 0.29) is 23.6 Å². The first-order valence-electron chi connectivity index (χ1n) is 10.9. The molecule has 3 aromatic rings. The molecule has 2 heterocycles. The molecule has 32 heavy (non-hydrogen) atoms. The molecule has 0 fully saturated rings. The number of furan rings is 1. The first-order chi connectivity index (χ1) is 15.3. The quantitative estimate of drug-likeness (QED) is 0.313. The predicted molar refractivity (Wildman–Crippen MR) is 130 cm³/mol. The molecular weight excluding hydrogens is 420 g/mol. The fourth-order valence-corrected chi connectivity index (χ4v) is 4.33. The van der Waals surface area contributed by atoms with Crippen molar-refractivity contribution < 1.29 is 9.21 Å². The second-order valence-electron chi connectivity index (χ2n) is 8.50. The summed E-state index contributed by atoms with van der Waals surface area (Å²) in [5.74, 6) is 2.47. The summed E-state index contributed by atoms with van der Waals surface area (Å²) >= 11 is 1.37. The third kappa shape index (κ3) is 5.51. The molecule has 1 aromatic carbocycles. The number of amides is 1. The lowest BCUT2D eigenvalue weighted by Gasteiger charge is -2.23. The van der Waals surface area contributed by atoms with E-state index in [0.717, 1.165) is 16.9 Å². The van der Waals surface area contributed by atoms with Crippen LogP contribution in [-0.4, -0.2) is 26.4 Å². The van der Waals surface area contributed by atoms with E-state index in [0.29, 0.717) is 23.4 Å². The molecule has 1 N–H and O–H groups in total. The Labute approximate surface area is 194 Å². The first-order valence-corrected chi connectivity index (χ1v) is 11.9. The molecule has 1 atom stereocenters. The first kappa shape index (κ1) is 23.9. The molecule has 0 aliphatic rings. The van der Waals surface area contributed by atoms with Crippen molar-refractivity contribution in [1.29, 1.82) is 0 Å². The van der Waals surface area contributed by atoms with Crippen molar-refractivity contribution in [1.82, 2.24) is 20.1 Å². The predicted octanol–water partition coefficient (Wildman–Crippen LogP) is 5.76. The van der Waals surface area contributed by atoms with Crippen LogP contribution in [0.1, 0.15) is 56.5 Å². The van der Waals surface area contributed by atoms with Crippen LogP contribution in [0.5, 0.6) is 0 Å². The molecule has 0 aliphatic heterocycles. The van der Waals surface area contributed by atoms with Crippen molar-refractivity contribution >= 4 is 17.7 Å². The van der Waals surface area contributed by atoms with E-state index in [9.17, 15) is 4.79 Å². The van der Waals surface area contributed by atoms with Crippen LogP contribution >= 0.6 is 11.8 Å². The van der Waals surface area contributed by atoms with Gasteiger partial charge in [-0.15, -0.1) is 16.8 Å². The molecule has 0 spiro atoms. The highest BCUT2D eigenvalue weighted by Crippen LogP contribution is 2.28. The molecule has 6 nitrogen and oxygen atoms in total. The second-order valence-corrected chi connectivity index (χ2v) is 9.44. The molecule has 0 saturated carbocycles. The molecule has 0 aliphatic carbocycles. The molecular formula is C25H32N4O2S. The molecule has 7 heteroatoms. The van der Waals surface area contributed by atoms with Gasteiger partial charge < -0.3 is 9.73 Å². The Hall–Kier alpha value is -2.80. The molecule has 0 saturated heterocycles. The number of nitrogens with one attached hydrogen (secondary N) is 1. The Bertz CT molecular complexity index is 1050. The fraction of sp³-hybridized carbons (Fsp3) is 0.400. The Kier molecular flexibility index (Phi) is 7.96. The molecule has 3 rings (SSSR count). The van der Waals surface area contributed by atoms with Gasteiger partial charge in [0.2, 0.25) is 5.91 Å². The number of allylic oxidation sites excluding steroid dienone is 1. The highest BCUT2D eigenvalue weighted by molar-refractivity contribution is 7.99.